The van der Waals surface area contributed by atoms with Crippen LogP contribution < -0.4 is 10.1 Å². The second kappa shape index (κ2) is 6.37. The molecule has 0 radical (unpaired) electrons. The third-order valence-electron chi connectivity index (χ3n) is 2.52. The molecule has 0 saturated heterocycles. The van der Waals surface area contributed by atoms with Gasteiger partial charge < -0.3 is 10.1 Å². The fraction of sp³-hybridized carbons (Fsp3) is 0.0667. The van der Waals surface area contributed by atoms with Crippen molar-refractivity contribution in [2.45, 2.75) is 6.92 Å². The normalized spacial score (nSPS) is 10.0. The van der Waals surface area contributed by atoms with Crippen LogP contribution >= 0.6 is 11.6 Å². The lowest BCUT2D eigenvalue weighted by molar-refractivity contribution is -0.131. The van der Waals surface area contributed by atoms with Crippen LogP contribution in [0.1, 0.15) is 17.3 Å². The van der Waals surface area contributed by atoms with Crippen molar-refractivity contribution in [3.8, 4) is 5.75 Å². The lowest BCUT2D eigenvalue weighted by atomic mass is 10.1. The molecule has 2 aromatic carbocycles. The van der Waals surface area contributed by atoms with E-state index in [4.69, 9.17) is 16.3 Å². The molecular weight excluding hydrogens is 297 g/mol. The van der Waals surface area contributed by atoms with Crippen LogP contribution in [0.15, 0.2) is 42.5 Å². The lowest BCUT2D eigenvalue weighted by Gasteiger charge is -2.10. The average molecular weight is 308 g/mol. The SMILES string of the molecule is CC(=O)Oc1ccc(Cl)cc1C(=O)Nc1cccc(F)c1. The Morgan fingerprint density at radius 3 is 2.62 bits per heavy atom. The highest BCUT2D eigenvalue weighted by molar-refractivity contribution is 6.31. The Hall–Kier alpha value is -2.40. The van der Waals surface area contributed by atoms with E-state index in [0.29, 0.717) is 5.02 Å². The first-order valence-electron chi connectivity index (χ1n) is 6.00. The highest BCUT2D eigenvalue weighted by Crippen LogP contribution is 2.24. The van der Waals surface area contributed by atoms with Gasteiger partial charge in [0.15, 0.2) is 0 Å². The van der Waals surface area contributed by atoms with E-state index < -0.39 is 17.7 Å². The summed E-state index contributed by atoms with van der Waals surface area (Å²) in [5.41, 5.74) is 0.371. The first-order valence-corrected chi connectivity index (χ1v) is 6.38. The summed E-state index contributed by atoms with van der Waals surface area (Å²) >= 11 is 5.85. The molecule has 1 N–H and O–H groups in total. The molecule has 0 atom stereocenters. The number of ether oxygens (including phenoxy) is 1. The van der Waals surface area contributed by atoms with Crippen LogP contribution in [0, 0.1) is 5.82 Å². The number of anilines is 1. The van der Waals surface area contributed by atoms with Gasteiger partial charge in [-0.15, -0.1) is 0 Å². The van der Waals surface area contributed by atoms with Gasteiger partial charge in [0.25, 0.3) is 5.91 Å². The van der Waals surface area contributed by atoms with E-state index in [1.54, 1.807) is 0 Å². The summed E-state index contributed by atoms with van der Waals surface area (Å²) in [6.45, 7) is 1.23. The summed E-state index contributed by atoms with van der Waals surface area (Å²) in [6.07, 6.45) is 0. The Bertz CT molecular complexity index is 703. The van der Waals surface area contributed by atoms with Gasteiger partial charge in [0.1, 0.15) is 11.6 Å². The van der Waals surface area contributed by atoms with Gasteiger partial charge in [-0.1, -0.05) is 17.7 Å². The molecule has 2 aromatic rings. The van der Waals surface area contributed by atoms with Gasteiger partial charge in [0, 0.05) is 17.6 Å². The zero-order chi connectivity index (χ0) is 15.4. The number of rotatable bonds is 3. The molecule has 0 spiro atoms. The van der Waals surface area contributed by atoms with E-state index in [0.717, 1.165) is 0 Å². The Balaban J connectivity index is 2.29. The van der Waals surface area contributed by atoms with Gasteiger partial charge in [-0.3, -0.25) is 9.59 Å². The van der Waals surface area contributed by atoms with Crippen LogP contribution in [-0.2, 0) is 4.79 Å². The summed E-state index contributed by atoms with van der Waals surface area (Å²) in [6, 6.07) is 9.73. The summed E-state index contributed by atoms with van der Waals surface area (Å²) in [5, 5.41) is 2.83. The standard InChI is InChI=1S/C15H11ClFNO3/c1-9(19)21-14-6-5-10(16)7-13(14)15(20)18-12-4-2-3-11(17)8-12/h2-8H,1H3,(H,18,20). The van der Waals surface area contributed by atoms with Crippen LogP contribution in [0.5, 0.6) is 5.75 Å². The van der Waals surface area contributed by atoms with Gasteiger partial charge in [0.2, 0.25) is 0 Å². The monoisotopic (exact) mass is 307 g/mol. The van der Waals surface area contributed by atoms with Gasteiger partial charge in [-0.25, -0.2) is 4.39 Å². The fourth-order valence-electron chi connectivity index (χ4n) is 1.69. The van der Waals surface area contributed by atoms with Crippen molar-refractivity contribution in [3.05, 3.63) is 58.9 Å². The van der Waals surface area contributed by atoms with Crippen molar-refractivity contribution >= 4 is 29.2 Å². The molecule has 0 unspecified atom stereocenters. The lowest BCUT2D eigenvalue weighted by Crippen LogP contribution is -2.15. The molecule has 0 aliphatic rings. The zero-order valence-electron chi connectivity index (χ0n) is 11.0. The molecule has 1 amide bonds. The molecule has 0 aliphatic carbocycles. The number of esters is 1. The highest BCUT2D eigenvalue weighted by Gasteiger charge is 2.15. The number of amides is 1. The summed E-state index contributed by atoms with van der Waals surface area (Å²) in [7, 11) is 0. The second-order valence-electron chi connectivity index (χ2n) is 4.20. The smallest absolute Gasteiger partial charge is 0.308 e. The van der Waals surface area contributed by atoms with Crippen LogP contribution in [0.25, 0.3) is 0 Å². The number of hydrogen-bond donors (Lipinski definition) is 1. The van der Waals surface area contributed by atoms with Crippen molar-refractivity contribution in [2.24, 2.45) is 0 Å². The summed E-state index contributed by atoms with van der Waals surface area (Å²) in [4.78, 5) is 23.2. The minimum atomic E-state index is -0.558. The number of benzene rings is 2. The van der Waals surface area contributed by atoms with E-state index in [1.807, 2.05) is 0 Å². The van der Waals surface area contributed by atoms with Crippen molar-refractivity contribution in [1.29, 1.82) is 0 Å². The van der Waals surface area contributed by atoms with E-state index >= 15 is 0 Å². The predicted octanol–water partition coefficient (Wildman–Crippen LogP) is 3.66. The molecule has 0 saturated carbocycles. The first-order chi connectivity index (χ1) is 9.95. The van der Waals surface area contributed by atoms with Crippen LogP contribution in [0.2, 0.25) is 5.02 Å². The molecule has 0 aromatic heterocycles. The Morgan fingerprint density at radius 1 is 1.19 bits per heavy atom. The largest absolute Gasteiger partial charge is 0.426 e. The summed E-state index contributed by atoms with van der Waals surface area (Å²) < 4.78 is 18.0. The maximum absolute atomic E-state index is 13.1. The predicted molar refractivity (Wildman–Crippen MR) is 77.1 cm³/mol. The molecule has 4 nitrogen and oxygen atoms in total. The molecule has 0 heterocycles. The Kier molecular flexibility index (Phi) is 4.55. The maximum Gasteiger partial charge on any atom is 0.308 e. The van der Waals surface area contributed by atoms with E-state index in [2.05, 4.69) is 5.32 Å². The molecule has 0 fully saturated rings. The van der Waals surface area contributed by atoms with Crippen molar-refractivity contribution < 1.29 is 18.7 Å². The summed E-state index contributed by atoms with van der Waals surface area (Å²) in [5.74, 6) is -1.50. The first kappa shape index (κ1) is 15.0. The quantitative estimate of drug-likeness (QED) is 0.695. The minimum Gasteiger partial charge on any atom is -0.426 e. The van der Waals surface area contributed by atoms with Gasteiger partial charge in [-0.2, -0.15) is 0 Å². The van der Waals surface area contributed by atoms with E-state index in [1.165, 1.54) is 49.4 Å². The molecule has 6 heteroatoms. The molecule has 2 rings (SSSR count). The Morgan fingerprint density at radius 2 is 1.95 bits per heavy atom. The van der Waals surface area contributed by atoms with Crippen molar-refractivity contribution in [1.82, 2.24) is 0 Å². The fourth-order valence-corrected chi connectivity index (χ4v) is 1.86. The molecule has 108 valence electrons. The third kappa shape index (κ3) is 4.03. The molecule has 21 heavy (non-hydrogen) atoms. The Labute approximate surface area is 125 Å². The van der Waals surface area contributed by atoms with Gasteiger partial charge >= 0.3 is 5.97 Å². The van der Waals surface area contributed by atoms with Crippen LogP contribution in [-0.4, -0.2) is 11.9 Å². The second-order valence-corrected chi connectivity index (χ2v) is 4.64. The number of halogens is 2. The van der Waals surface area contributed by atoms with E-state index in [-0.39, 0.29) is 17.0 Å². The molecule has 0 bridgehead atoms. The highest BCUT2D eigenvalue weighted by atomic mass is 35.5. The maximum atomic E-state index is 13.1. The van der Waals surface area contributed by atoms with Crippen LogP contribution in [0.4, 0.5) is 10.1 Å². The minimum absolute atomic E-state index is 0.0841. The number of nitrogens with one attached hydrogen (secondary N) is 1. The number of carbonyl (C=O) groups excluding carboxylic acids is 2. The van der Waals surface area contributed by atoms with E-state index in [9.17, 15) is 14.0 Å². The van der Waals surface area contributed by atoms with Gasteiger partial charge in [0.05, 0.1) is 5.56 Å². The number of carbonyl (C=O) groups is 2. The molecule has 0 aliphatic heterocycles. The van der Waals surface area contributed by atoms with Crippen molar-refractivity contribution in [3.63, 3.8) is 0 Å². The van der Waals surface area contributed by atoms with Gasteiger partial charge in [-0.05, 0) is 36.4 Å². The zero-order valence-corrected chi connectivity index (χ0v) is 11.8. The van der Waals surface area contributed by atoms with Crippen LogP contribution in [0.3, 0.4) is 0 Å². The van der Waals surface area contributed by atoms with Crippen molar-refractivity contribution in [2.75, 3.05) is 5.32 Å². The average Bonchev–Trinajstić information content (AvgIpc) is 2.40. The third-order valence-corrected chi connectivity index (χ3v) is 2.76. The topological polar surface area (TPSA) is 55.4 Å². The molecular formula is C15H11ClFNO3. The number of hydrogen-bond acceptors (Lipinski definition) is 3.